The zero-order valence-corrected chi connectivity index (χ0v) is 16.7. The van der Waals surface area contributed by atoms with Crippen molar-refractivity contribution in [3.8, 4) is 0 Å². The van der Waals surface area contributed by atoms with Gasteiger partial charge in [-0.2, -0.15) is 0 Å². The Morgan fingerprint density at radius 2 is 1.85 bits per heavy atom. The van der Waals surface area contributed by atoms with Gasteiger partial charge >= 0.3 is 0 Å². The zero-order chi connectivity index (χ0) is 20.0. The van der Waals surface area contributed by atoms with E-state index in [-0.39, 0.29) is 16.4 Å². The minimum absolute atomic E-state index is 0.00596. The highest BCUT2D eigenvalue weighted by Crippen LogP contribution is 2.34. The van der Waals surface area contributed by atoms with Gasteiger partial charge in [-0.25, -0.2) is 12.8 Å². The van der Waals surface area contributed by atoms with Crippen LogP contribution in [0, 0.1) is 18.2 Å². The molecule has 0 fully saturated rings. The van der Waals surface area contributed by atoms with Crippen LogP contribution >= 0.6 is 0 Å². The largest absolute Gasteiger partial charge is 0.311 e. The Hall–Kier alpha value is -2.41. The van der Waals surface area contributed by atoms with Crippen molar-refractivity contribution in [3.63, 3.8) is 0 Å². The van der Waals surface area contributed by atoms with Crippen molar-refractivity contribution in [3.05, 3.63) is 53.3 Å². The lowest BCUT2D eigenvalue weighted by Gasteiger charge is -2.26. The molecule has 0 bridgehead atoms. The summed E-state index contributed by atoms with van der Waals surface area (Å²) < 4.78 is 41.1. The maximum Gasteiger partial charge on any atom is 0.261 e. The van der Waals surface area contributed by atoms with E-state index in [1.807, 2.05) is 20.8 Å². The highest BCUT2D eigenvalue weighted by Gasteiger charge is 2.32. The summed E-state index contributed by atoms with van der Waals surface area (Å²) in [5, 5.41) is 0. The number of hydrogen-bond donors (Lipinski definition) is 1. The molecule has 3 rings (SSSR count). The number of carbonyl (C=O) groups excluding carboxylic acids is 1. The molecule has 2 aromatic carbocycles. The standard InChI is InChI=1S/C20H23FN2O3S/c1-13-11-16(6-7-17(13)21)27(25,26)22-15-5-8-18-14(12-15)9-10-23(18)19(24)20(2,3)4/h5-8,11-12,22H,9-10H2,1-4H3. The van der Waals surface area contributed by atoms with Gasteiger partial charge in [0.05, 0.1) is 4.90 Å². The lowest BCUT2D eigenvalue weighted by Crippen LogP contribution is -2.38. The predicted octanol–water partition coefficient (Wildman–Crippen LogP) is 3.87. The summed E-state index contributed by atoms with van der Waals surface area (Å²) in [6.07, 6.45) is 0.669. The molecule has 0 saturated carbocycles. The van der Waals surface area contributed by atoms with Gasteiger partial charge < -0.3 is 4.90 Å². The molecular formula is C20H23FN2O3S. The smallest absolute Gasteiger partial charge is 0.261 e. The monoisotopic (exact) mass is 390 g/mol. The van der Waals surface area contributed by atoms with E-state index in [4.69, 9.17) is 0 Å². The number of rotatable bonds is 3. The van der Waals surface area contributed by atoms with Crippen LogP contribution in [0.1, 0.15) is 31.9 Å². The first-order chi connectivity index (χ1) is 12.5. The highest BCUT2D eigenvalue weighted by molar-refractivity contribution is 7.92. The van der Waals surface area contributed by atoms with Crippen molar-refractivity contribution < 1.29 is 17.6 Å². The molecule has 0 atom stereocenters. The molecular weight excluding hydrogens is 367 g/mol. The van der Waals surface area contributed by atoms with E-state index in [0.29, 0.717) is 18.7 Å². The summed E-state index contributed by atoms with van der Waals surface area (Å²) in [6.45, 7) is 7.73. The SMILES string of the molecule is Cc1cc(S(=O)(=O)Nc2ccc3c(c2)CCN3C(=O)C(C)(C)C)ccc1F. The second kappa shape index (κ2) is 6.64. The quantitative estimate of drug-likeness (QED) is 0.865. The number of halogens is 1. The van der Waals surface area contributed by atoms with Crippen molar-refractivity contribution in [2.45, 2.75) is 39.0 Å². The number of hydrogen-bond acceptors (Lipinski definition) is 3. The Bertz CT molecular complexity index is 1010. The van der Waals surface area contributed by atoms with Crippen LogP contribution in [-0.4, -0.2) is 20.9 Å². The molecule has 1 aliphatic rings. The van der Waals surface area contributed by atoms with Gasteiger partial charge in [-0.15, -0.1) is 0 Å². The maximum atomic E-state index is 13.4. The summed E-state index contributed by atoms with van der Waals surface area (Å²) in [7, 11) is -3.82. The highest BCUT2D eigenvalue weighted by atomic mass is 32.2. The molecule has 1 N–H and O–H groups in total. The van der Waals surface area contributed by atoms with Crippen molar-refractivity contribution in [1.82, 2.24) is 0 Å². The normalized spacial score (nSPS) is 14.2. The number of benzene rings is 2. The van der Waals surface area contributed by atoms with Crippen LogP contribution in [0.25, 0.3) is 0 Å². The Labute approximate surface area is 159 Å². The number of amides is 1. The second-order valence-corrected chi connectivity index (χ2v) is 9.50. The number of fused-ring (bicyclic) bond motifs is 1. The van der Waals surface area contributed by atoms with Crippen LogP contribution in [0.4, 0.5) is 15.8 Å². The van der Waals surface area contributed by atoms with E-state index >= 15 is 0 Å². The number of carbonyl (C=O) groups is 1. The van der Waals surface area contributed by atoms with Gasteiger partial charge in [-0.3, -0.25) is 9.52 Å². The molecule has 1 amide bonds. The molecule has 0 saturated heterocycles. The minimum Gasteiger partial charge on any atom is -0.311 e. The summed E-state index contributed by atoms with van der Waals surface area (Å²) in [6, 6.07) is 8.83. The Morgan fingerprint density at radius 1 is 1.15 bits per heavy atom. The van der Waals surface area contributed by atoms with E-state index in [2.05, 4.69) is 4.72 Å². The van der Waals surface area contributed by atoms with Crippen molar-refractivity contribution in [2.24, 2.45) is 5.41 Å². The molecule has 1 aliphatic heterocycles. The first kappa shape index (κ1) is 19.4. The summed E-state index contributed by atoms with van der Waals surface area (Å²) in [5.74, 6) is -0.411. The Morgan fingerprint density at radius 3 is 2.48 bits per heavy atom. The first-order valence-corrected chi connectivity index (χ1v) is 10.2. The van der Waals surface area contributed by atoms with E-state index < -0.39 is 21.3 Å². The fraction of sp³-hybridized carbons (Fsp3) is 0.350. The predicted molar refractivity (Wildman–Crippen MR) is 104 cm³/mol. The lowest BCUT2D eigenvalue weighted by atomic mass is 9.94. The summed E-state index contributed by atoms with van der Waals surface area (Å²) >= 11 is 0. The molecule has 7 heteroatoms. The second-order valence-electron chi connectivity index (χ2n) is 7.82. The van der Waals surface area contributed by atoms with Gasteiger partial charge in [-0.1, -0.05) is 20.8 Å². The molecule has 27 heavy (non-hydrogen) atoms. The molecule has 144 valence electrons. The van der Waals surface area contributed by atoms with Crippen LogP contribution in [0.15, 0.2) is 41.3 Å². The first-order valence-electron chi connectivity index (χ1n) is 8.73. The van der Waals surface area contributed by atoms with Crippen LogP contribution < -0.4 is 9.62 Å². The summed E-state index contributed by atoms with van der Waals surface area (Å²) in [4.78, 5) is 14.3. The molecule has 0 spiro atoms. The van der Waals surface area contributed by atoms with E-state index in [9.17, 15) is 17.6 Å². The van der Waals surface area contributed by atoms with Gasteiger partial charge in [0.25, 0.3) is 10.0 Å². The van der Waals surface area contributed by atoms with E-state index in [1.165, 1.54) is 19.1 Å². The Balaban J connectivity index is 1.86. The molecule has 2 aromatic rings. The van der Waals surface area contributed by atoms with Crippen LogP contribution in [-0.2, 0) is 21.2 Å². The third-order valence-corrected chi connectivity index (χ3v) is 5.93. The lowest BCUT2D eigenvalue weighted by molar-refractivity contribution is -0.125. The van der Waals surface area contributed by atoms with Gasteiger partial charge in [0, 0.05) is 23.3 Å². The average Bonchev–Trinajstić information content (AvgIpc) is 2.98. The zero-order valence-electron chi connectivity index (χ0n) is 15.8. The van der Waals surface area contributed by atoms with Crippen LogP contribution in [0.2, 0.25) is 0 Å². The fourth-order valence-electron chi connectivity index (χ4n) is 3.08. The van der Waals surface area contributed by atoms with Crippen molar-refractivity contribution in [2.75, 3.05) is 16.2 Å². The number of nitrogens with zero attached hydrogens (tertiary/aromatic N) is 1. The van der Waals surface area contributed by atoms with Crippen LogP contribution in [0.5, 0.6) is 0 Å². The maximum absolute atomic E-state index is 13.4. The van der Waals surface area contributed by atoms with Gasteiger partial charge in [0.2, 0.25) is 5.91 Å². The number of nitrogens with one attached hydrogen (secondary N) is 1. The van der Waals surface area contributed by atoms with E-state index in [1.54, 1.807) is 23.1 Å². The summed E-state index contributed by atoms with van der Waals surface area (Å²) in [5.41, 5.74) is 1.94. The average molecular weight is 390 g/mol. The fourth-order valence-corrected chi connectivity index (χ4v) is 4.21. The van der Waals surface area contributed by atoms with E-state index in [0.717, 1.165) is 17.3 Å². The third kappa shape index (κ3) is 3.83. The number of aryl methyl sites for hydroxylation is 1. The van der Waals surface area contributed by atoms with Gasteiger partial charge in [-0.05, 0) is 60.9 Å². The number of sulfonamides is 1. The van der Waals surface area contributed by atoms with Crippen molar-refractivity contribution >= 4 is 27.3 Å². The Kier molecular flexibility index (Phi) is 4.76. The molecule has 0 aliphatic carbocycles. The topological polar surface area (TPSA) is 66.5 Å². The van der Waals surface area contributed by atoms with Gasteiger partial charge in [0.1, 0.15) is 5.82 Å². The molecule has 0 aromatic heterocycles. The van der Waals surface area contributed by atoms with Crippen molar-refractivity contribution in [1.29, 1.82) is 0 Å². The van der Waals surface area contributed by atoms with Crippen LogP contribution in [0.3, 0.4) is 0 Å². The molecule has 5 nitrogen and oxygen atoms in total. The van der Waals surface area contributed by atoms with Gasteiger partial charge in [0.15, 0.2) is 0 Å². The third-order valence-electron chi connectivity index (χ3n) is 4.55. The minimum atomic E-state index is -3.82. The molecule has 0 radical (unpaired) electrons. The number of anilines is 2. The molecule has 0 unspecified atom stereocenters. The molecule has 1 heterocycles.